The van der Waals surface area contributed by atoms with Crippen molar-refractivity contribution in [2.75, 3.05) is 13.1 Å². The molecule has 4 rings (SSSR count). The number of thiazole rings is 1. The molecule has 0 unspecified atom stereocenters. The van der Waals surface area contributed by atoms with Crippen LogP contribution in [-0.2, 0) is 6.42 Å². The number of carbonyl (C=O) groups is 1. The third-order valence-corrected chi connectivity index (χ3v) is 6.23. The number of carbonyl (C=O) groups excluding carboxylic acids is 1. The molecule has 1 amide bonds. The zero-order valence-electron chi connectivity index (χ0n) is 14.9. The molecule has 0 aliphatic carbocycles. The number of rotatable bonds is 5. The van der Waals surface area contributed by atoms with Gasteiger partial charge in [0.05, 0.1) is 15.9 Å². The van der Waals surface area contributed by atoms with Crippen molar-refractivity contribution in [1.29, 1.82) is 0 Å². The van der Waals surface area contributed by atoms with E-state index in [0.717, 1.165) is 41.6 Å². The smallest absolute Gasteiger partial charge is 0.274 e. The Kier molecular flexibility index (Phi) is 5.31. The van der Waals surface area contributed by atoms with E-state index >= 15 is 0 Å². The molecule has 3 aromatic rings. The Morgan fingerprint density at radius 2 is 2.19 bits per heavy atom. The van der Waals surface area contributed by atoms with Gasteiger partial charge in [0, 0.05) is 25.9 Å². The Balaban J connectivity index is 1.36. The number of aryl methyl sites for hydroxylation is 1. The number of nitrogens with zero attached hydrogens (tertiary/aromatic N) is 4. The van der Waals surface area contributed by atoms with Crippen molar-refractivity contribution in [2.24, 2.45) is 0 Å². The van der Waals surface area contributed by atoms with Crippen LogP contribution < -0.4 is 4.74 Å². The fraction of sp³-hybridized carbons (Fsp3) is 0.444. The van der Waals surface area contributed by atoms with Gasteiger partial charge in [-0.1, -0.05) is 29.2 Å². The zero-order valence-corrected chi connectivity index (χ0v) is 16.5. The van der Waals surface area contributed by atoms with Crippen molar-refractivity contribution in [3.05, 3.63) is 34.6 Å². The highest BCUT2D eigenvalue weighted by atomic mass is 32.1. The first kappa shape index (κ1) is 18.2. The third kappa shape index (κ3) is 3.93. The van der Waals surface area contributed by atoms with Gasteiger partial charge in [-0.15, -0.1) is 5.10 Å². The fourth-order valence-corrected chi connectivity index (χ4v) is 4.74. The Bertz CT molecular complexity index is 950. The standard InChI is InChI=1S/C18H19FN4O2S2/c1-2-3-14-16(27-22-21-14)17(24)23-8-6-12(7-9-23)25-18-20-13-5-4-11(19)10-15(13)26-18/h4-5,10,12H,2-3,6-9H2,1H3. The minimum absolute atomic E-state index is 0.00848. The summed E-state index contributed by atoms with van der Waals surface area (Å²) in [5.41, 5.74) is 1.54. The van der Waals surface area contributed by atoms with Gasteiger partial charge in [-0.25, -0.2) is 9.37 Å². The van der Waals surface area contributed by atoms with E-state index in [1.807, 2.05) is 4.90 Å². The quantitative estimate of drug-likeness (QED) is 0.642. The number of hydrogen-bond acceptors (Lipinski definition) is 7. The highest BCUT2D eigenvalue weighted by Crippen LogP contribution is 2.30. The molecule has 0 atom stereocenters. The molecule has 0 spiro atoms. The molecule has 1 aromatic carbocycles. The number of likely N-dealkylation sites (tertiary alicyclic amines) is 1. The van der Waals surface area contributed by atoms with Gasteiger partial charge in [-0.2, -0.15) is 0 Å². The second-order valence-corrected chi connectivity index (χ2v) is 8.25. The molecule has 142 valence electrons. The molecule has 0 radical (unpaired) electrons. The van der Waals surface area contributed by atoms with E-state index < -0.39 is 0 Å². The van der Waals surface area contributed by atoms with Gasteiger partial charge in [0.25, 0.3) is 11.1 Å². The molecular formula is C18H19FN4O2S2. The van der Waals surface area contributed by atoms with Crippen LogP contribution in [0.4, 0.5) is 4.39 Å². The number of piperidine rings is 1. The monoisotopic (exact) mass is 406 g/mol. The summed E-state index contributed by atoms with van der Waals surface area (Å²) in [6.45, 7) is 3.33. The molecule has 27 heavy (non-hydrogen) atoms. The van der Waals surface area contributed by atoms with Crippen LogP contribution in [0.3, 0.4) is 0 Å². The molecule has 1 aliphatic heterocycles. The van der Waals surface area contributed by atoms with E-state index in [9.17, 15) is 9.18 Å². The SMILES string of the molecule is CCCc1nnsc1C(=O)N1CCC(Oc2nc3ccc(F)cc3s2)CC1. The fourth-order valence-electron chi connectivity index (χ4n) is 3.16. The Hall–Kier alpha value is -2.13. The minimum Gasteiger partial charge on any atom is -0.467 e. The zero-order chi connectivity index (χ0) is 18.8. The van der Waals surface area contributed by atoms with E-state index in [-0.39, 0.29) is 17.8 Å². The van der Waals surface area contributed by atoms with Crippen LogP contribution in [0.2, 0.25) is 0 Å². The molecule has 1 fully saturated rings. The lowest BCUT2D eigenvalue weighted by Crippen LogP contribution is -2.41. The second-order valence-electron chi connectivity index (χ2n) is 6.50. The Labute approximate surface area is 164 Å². The van der Waals surface area contributed by atoms with Crippen molar-refractivity contribution in [1.82, 2.24) is 19.5 Å². The van der Waals surface area contributed by atoms with Crippen molar-refractivity contribution < 1.29 is 13.9 Å². The number of ether oxygens (including phenoxy) is 1. The van der Waals surface area contributed by atoms with Crippen molar-refractivity contribution in [2.45, 2.75) is 38.7 Å². The molecule has 3 heterocycles. The summed E-state index contributed by atoms with van der Waals surface area (Å²) in [6.07, 6.45) is 3.20. The van der Waals surface area contributed by atoms with E-state index in [1.165, 1.54) is 35.0 Å². The summed E-state index contributed by atoms with van der Waals surface area (Å²) >= 11 is 2.52. The average Bonchev–Trinajstić information content (AvgIpc) is 3.28. The number of aromatic nitrogens is 3. The highest BCUT2D eigenvalue weighted by molar-refractivity contribution is 7.20. The van der Waals surface area contributed by atoms with Gasteiger partial charge < -0.3 is 9.64 Å². The summed E-state index contributed by atoms with van der Waals surface area (Å²) in [5, 5.41) is 4.64. The Morgan fingerprint density at radius 1 is 1.37 bits per heavy atom. The van der Waals surface area contributed by atoms with Crippen LogP contribution in [0, 0.1) is 5.82 Å². The molecular weight excluding hydrogens is 387 g/mol. The van der Waals surface area contributed by atoms with Crippen molar-refractivity contribution in [3.8, 4) is 5.19 Å². The lowest BCUT2D eigenvalue weighted by molar-refractivity contribution is 0.0599. The number of fused-ring (bicyclic) bond motifs is 1. The third-order valence-electron chi connectivity index (χ3n) is 4.56. The first-order valence-corrected chi connectivity index (χ1v) is 10.6. The first-order chi connectivity index (χ1) is 13.1. The van der Waals surface area contributed by atoms with Gasteiger partial charge in [0.2, 0.25) is 0 Å². The first-order valence-electron chi connectivity index (χ1n) is 8.97. The lowest BCUT2D eigenvalue weighted by Gasteiger charge is -2.31. The largest absolute Gasteiger partial charge is 0.467 e. The van der Waals surface area contributed by atoms with Crippen LogP contribution in [-0.4, -0.2) is 44.6 Å². The molecule has 0 bridgehead atoms. The maximum atomic E-state index is 13.3. The molecule has 9 heteroatoms. The average molecular weight is 407 g/mol. The van der Waals surface area contributed by atoms with Gasteiger partial charge in [-0.05, 0) is 36.2 Å². The highest BCUT2D eigenvalue weighted by Gasteiger charge is 2.28. The van der Waals surface area contributed by atoms with Crippen LogP contribution in [0.15, 0.2) is 18.2 Å². The van der Waals surface area contributed by atoms with Gasteiger partial charge in [0.1, 0.15) is 16.8 Å². The molecule has 2 aromatic heterocycles. The Morgan fingerprint density at radius 3 is 2.96 bits per heavy atom. The van der Waals surface area contributed by atoms with E-state index in [4.69, 9.17) is 4.74 Å². The maximum absolute atomic E-state index is 13.3. The van der Waals surface area contributed by atoms with Crippen molar-refractivity contribution >= 4 is 39.0 Å². The normalized spacial score (nSPS) is 15.4. The van der Waals surface area contributed by atoms with Gasteiger partial charge >= 0.3 is 0 Å². The summed E-state index contributed by atoms with van der Waals surface area (Å²) < 4.78 is 24.0. The van der Waals surface area contributed by atoms with E-state index in [1.54, 1.807) is 6.07 Å². The number of halogens is 1. The summed E-state index contributed by atoms with van der Waals surface area (Å²) in [6, 6.07) is 4.53. The van der Waals surface area contributed by atoms with Crippen molar-refractivity contribution in [3.63, 3.8) is 0 Å². The number of hydrogen-bond donors (Lipinski definition) is 0. The molecule has 0 saturated carbocycles. The molecule has 6 nitrogen and oxygen atoms in total. The van der Waals surface area contributed by atoms with Crippen LogP contribution in [0.25, 0.3) is 10.2 Å². The minimum atomic E-state index is -0.274. The predicted molar refractivity (Wildman–Crippen MR) is 103 cm³/mol. The molecule has 0 N–H and O–H groups in total. The van der Waals surface area contributed by atoms with Crippen LogP contribution in [0.1, 0.15) is 41.6 Å². The second kappa shape index (κ2) is 7.85. The van der Waals surface area contributed by atoms with Crippen LogP contribution >= 0.6 is 22.9 Å². The molecule has 1 aliphatic rings. The lowest BCUT2D eigenvalue weighted by atomic mass is 10.1. The topological polar surface area (TPSA) is 68.2 Å². The number of benzene rings is 1. The van der Waals surface area contributed by atoms with E-state index in [0.29, 0.717) is 23.2 Å². The van der Waals surface area contributed by atoms with Gasteiger partial charge in [0.15, 0.2) is 0 Å². The predicted octanol–water partition coefficient (Wildman–Crippen LogP) is 3.92. The summed E-state index contributed by atoms with van der Waals surface area (Å²) in [7, 11) is 0. The maximum Gasteiger partial charge on any atom is 0.274 e. The van der Waals surface area contributed by atoms with Gasteiger partial charge in [-0.3, -0.25) is 4.79 Å². The van der Waals surface area contributed by atoms with E-state index in [2.05, 4.69) is 21.5 Å². The summed E-state index contributed by atoms with van der Waals surface area (Å²) in [4.78, 5) is 19.7. The molecule has 1 saturated heterocycles. The summed E-state index contributed by atoms with van der Waals surface area (Å²) in [5.74, 6) is -0.258. The van der Waals surface area contributed by atoms with Crippen LogP contribution in [0.5, 0.6) is 5.19 Å². The number of amides is 1.